The number of rotatable bonds is 1. The predicted octanol–water partition coefficient (Wildman–Crippen LogP) is 1.99. The van der Waals surface area contributed by atoms with Gasteiger partial charge < -0.3 is 0 Å². The van der Waals surface area contributed by atoms with E-state index in [1.165, 1.54) is 0 Å². The van der Waals surface area contributed by atoms with E-state index in [1.807, 2.05) is 6.92 Å². The van der Waals surface area contributed by atoms with Crippen LogP contribution < -0.4 is 5.46 Å². The molecule has 0 N–H and O–H groups in total. The Bertz CT molecular complexity index is 529. The molecule has 0 amide bonds. The standard InChI is InChI=1S/C11H8BF3N2/c1-7-2-4-8(5-3-7)17-10(11(13,14)15)9(12)6-16-17/h2-6H,1H3. The fourth-order valence-corrected chi connectivity index (χ4v) is 1.53. The summed E-state index contributed by atoms with van der Waals surface area (Å²) in [6.45, 7) is 1.85. The lowest BCUT2D eigenvalue weighted by Crippen LogP contribution is -2.22. The van der Waals surface area contributed by atoms with Gasteiger partial charge in [-0.15, -0.1) is 0 Å². The van der Waals surface area contributed by atoms with E-state index in [9.17, 15) is 13.2 Å². The number of hydrogen-bond acceptors (Lipinski definition) is 1. The molecular weight excluding hydrogens is 228 g/mol. The Labute approximate surface area is 97.5 Å². The van der Waals surface area contributed by atoms with Gasteiger partial charge in [0.15, 0.2) is 0 Å². The smallest absolute Gasteiger partial charge is 0.229 e. The topological polar surface area (TPSA) is 17.8 Å². The molecule has 0 aliphatic heterocycles. The molecule has 2 rings (SSSR count). The number of halogens is 3. The van der Waals surface area contributed by atoms with Gasteiger partial charge >= 0.3 is 6.18 Å². The van der Waals surface area contributed by atoms with Crippen LogP contribution >= 0.6 is 0 Å². The van der Waals surface area contributed by atoms with E-state index in [4.69, 9.17) is 7.85 Å². The molecule has 2 aromatic rings. The average molecular weight is 236 g/mol. The minimum absolute atomic E-state index is 0.333. The molecule has 2 radical (unpaired) electrons. The van der Waals surface area contributed by atoms with Gasteiger partial charge in [0.2, 0.25) is 0 Å². The summed E-state index contributed by atoms with van der Waals surface area (Å²) in [4.78, 5) is 0. The minimum atomic E-state index is -4.52. The summed E-state index contributed by atoms with van der Waals surface area (Å²) in [5, 5.41) is 3.65. The summed E-state index contributed by atoms with van der Waals surface area (Å²) < 4.78 is 39.1. The van der Waals surface area contributed by atoms with E-state index in [0.29, 0.717) is 5.69 Å². The average Bonchev–Trinajstić information content (AvgIpc) is 2.61. The van der Waals surface area contributed by atoms with Gasteiger partial charge in [-0.05, 0) is 24.5 Å². The van der Waals surface area contributed by atoms with E-state index in [1.54, 1.807) is 24.3 Å². The van der Waals surface area contributed by atoms with Crippen LogP contribution in [0, 0.1) is 6.92 Å². The van der Waals surface area contributed by atoms with Crippen molar-refractivity contribution >= 4 is 13.3 Å². The van der Waals surface area contributed by atoms with E-state index >= 15 is 0 Å². The molecule has 0 aliphatic carbocycles. The Morgan fingerprint density at radius 1 is 1.18 bits per heavy atom. The zero-order chi connectivity index (χ0) is 12.6. The quantitative estimate of drug-likeness (QED) is 0.692. The van der Waals surface area contributed by atoms with Crippen LogP contribution in [0.1, 0.15) is 11.3 Å². The first-order valence-electron chi connectivity index (χ1n) is 4.87. The molecule has 6 heteroatoms. The molecule has 2 nitrogen and oxygen atoms in total. The summed E-state index contributed by atoms with van der Waals surface area (Å²) in [5.74, 6) is 0. The second kappa shape index (κ2) is 3.94. The lowest BCUT2D eigenvalue weighted by atomic mass is 9.96. The molecule has 0 saturated heterocycles. The van der Waals surface area contributed by atoms with Crippen LogP contribution in [0.3, 0.4) is 0 Å². The first kappa shape index (κ1) is 11.8. The lowest BCUT2D eigenvalue weighted by Gasteiger charge is -2.11. The SMILES string of the molecule is [B]c1cnn(-c2ccc(C)cc2)c1C(F)(F)F. The molecule has 0 aliphatic rings. The number of benzene rings is 1. The fraction of sp³-hybridized carbons (Fsp3) is 0.182. The van der Waals surface area contributed by atoms with E-state index in [-0.39, 0.29) is 5.46 Å². The second-order valence-corrected chi connectivity index (χ2v) is 3.69. The Kier molecular flexibility index (Phi) is 2.73. The summed E-state index contributed by atoms with van der Waals surface area (Å²) in [7, 11) is 5.29. The lowest BCUT2D eigenvalue weighted by molar-refractivity contribution is -0.141. The zero-order valence-corrected chi connectivity index (χ0v) is 8.99. The number of alkyl halides is 3. The molecule has 17 heavy (non-hydrogen) atoms. The van der Waals surface area contributed by atoms with Gasteiger partial charge in [-0.25, -0.2) is 4.68 Å². The second-order valence-electron chi connectivity index (χ2n) is 3.69. The maximum absolute atomic E-state index is 12.8. The Morgan fingerprint density at radius 2 is 1.76 bits per heavy atom. The Hall–Kier alpha value is -1.72. The zero-order valence-electron chi connectivity index (χ0n) is 8.99. The van der Waals surface area contributed by atoms with Crippen molar-refractivity contribution in [3.63, 3.8) is 0 Å². The van der Waals surface area contributed by atoms with Crippen molar-refractivity contribution in [3.05, 3.63) is 41.7 Å². The molecule has 1 heterocycles. The highest BCUT2D eigenvalue weighted by Crippen LogP contribution is 2.29. The first-order chi connectivity index (χ1) is 7.89. The van der Waals surface area contributed by atoms with Crippen LogP contribution in [0.5, 0.6) is 0 Å². The van der Waals surface area contributed by atoms with E-state index in [2.05, 4.69) is 5.10 Å². The maximum atomic E-state index is 12.8. The molecule has 0 bridgehead atoms. The highest BCUT2D eigenvalue weighted by Gasteiger charge is 2.36. The third-order valence-corrected chi connectivity index (χ3v) is 2.34. The predicted molar refractivity (Wildman–Crippen MR) is 58.7 cm³/mol. The Balaban J connectivity index is 2.57. The number of hydrogen-bond donors (Lipinski definition) is 0. The third kappa shape index (κ3) is 2.20. The Morgan fingerprint density at radius 3 is 2.29 bits per heavy atom. The van der Waals surface area contributed by atoms with Crippen LogP contribution in [-0.2, 0) is 6.18 Å². The first-order valence-corrected chi connectivity index (χ1v) is 4.87. The van der Waals surface area contributed by atoms with Crippen LogP contribution in [0.25, 0.3) is 5.69 Å². The van der Waals surface area contributed by atoms with Crippen molar-refractivity contribution in [2.24, 2.45) is 0 Å². The van der Waals surface area contributed by atoms with Crippen molar-refractivity contribution < 1.29 is 13.2 Å². The van der Waals surface area contributed by atoms with Crippen LogP contribution in [0.2, 0.25) is 0 Å². The maximum Gasteiger partial charge on any atom is 0.432 e. The van der Waals surface area contributed by atoms with E-state index < -0.39 is 11.9 Å². The van der Waals surface area contributed by atoms with Gasteiger partial charge in [0.05, 0.1) is 5.69 Å². The fourth-order valence-electron chi connectivity index (χ4n) is 1.53. The van der Waals surface area contributed by atoms with Crippen molar-refractivity contribution in [1.82, 2.24) is 9.78 Å². The van der Waals surface area contributed by atoms with Gasteiger partial charge in [-0.3, -0.25) is 0 Å². The van der Waals surface area contributed by atoms with Gasteiger partial charge in [0, 0.05) is 6.20 Å². The van der Waals surface area contributed by atoms with Crippen molar-refractivity contribution in [1.29, 1.82) is 0 Å². The molecule has 0 unspecified atom stereocenters. The highest BCUT2D eigenvalue weighted by atomic mass is 19.4. The number of aromatic nitrogens is 2. The minimum Gasteiger partial charge on any atom is -0.229 e. The van der Waals surface area contributed by atoms with Crippen LogP contribution in [0.4, 0.5) is 13.2 Å². The molecule has 0 spiro atoms. The van der Waals surface area contributed by atoms with Crippen molar-refractivity contribution in [2.75, 3.05) is 0 Å². The molecule has 1 aromatic heterocycles. The summed E-state index contributed by atoms with van der Waals surface area (Å²) in [5.41, 5.74) is -0.0264. The van der Waals surface area contributed by atoms with E-state index in [0.717, 1.165) is 16.4 Å². The largest absolute Gasteiger partial charge is 0.432 e. The highest BCUT2D eigenvalue weighted by molar-refractivity contribution is 6.33. The van der Waals surface area contributed by atoms with Gasteiger partial charge in [0.25, 0.3) is 0 Å². The molecule has 0 saturated carbocycles. The van der Waals surface area contributed by atoms with Gasteiger partial charge in [-0.2, -0.15) is 18.3 Å². The van der Waals surface area contributed by atoms with Crippen LogP contribution in [-0.4, -0.2) is 17.6 Å². The van der Waals surface area contributed by atoms with Crippen molar-refractivity contribution in [2.45, 2.75) is 13.1 Å². The summed E-state index contributed by atoms with van der Waals surface area (Å²) >= 11 is 0. The van der Waals surface area contributed by atoms with Gasteiger partial charge in [-0.1, -0.05) is 17.7 Å². The molecule has 86 valence electrons. The third-order valence-electron chi connectivity index (χ3n) is 2.34. The molecule has 1 aromatic carbocycles. The van der Waals surface area contributed by atoms with Crippen LogP contribution in [0.15, 0.2) is 30.5 Å². The number of aryl methyl sites for hydroxylation is 1. The molecular formula is C11H8BF3N2. The molecule has 0 fully saturated rings. The summed E-state index contributed by atoms with van der Waals surface area (Å²) in [6.07, 6.45) is -3.52. The molecule has 0 atom stereocenters. The monoisotopic (exact) mass is 236 g/mol. The van der Waals surface area contributed by atoms with Crippen molar-refractivity contribution in [3.8, 4) is 5.69 Å². The number of nitrogens with zero attached hydrogens (tertiary/aromatic N) is 2. The normalized spacial score (nSPS) is 11.8. The van der Waals surface area contributed by atoms with Gasteiger partial charge in [0.1, 0.15) is 13.5 Å². The summed E-state index contributed by atoms with van der Waals surface area (Å²) in [6, 6.07) is 6.56.